The number of carbonyl (C=O) groups is 1. The molecule has 6 heteroatoms. The Hall–Kier alpha value is -2.63. The number of hydrogen-bond acceptors (Lipinski definition) is 5. The van der Waals surface area contributed by atoms with E-state index in [2.05, 4.69) is 9.97 Å². The summed E-state index contributed by atoms with van der Waals surface area (Å²) in [5, 5.41) is 0. The normalized spacial score (nSPS) is 17.4. The highest BCUT2D eigenvalue weighted by molar-refractivity contribution is 5.79. The summed E-state index contributed by atoms with van der Waals surface area (Å²) in [4.78, 5) is 22.4. The van der Waals surface area contributed by atoms with E-state index in [0.717, 1.165) is 30.7 Å². The number of aromatic nitrogens is 2. The second kappa shape index (κ2) is 7.77. The van der Waals surface area contributed by atoms with Gasteiger partial charge in [0.25, 0.3) is 0 Å². The lowest BCUT2D eigenvalue weighted by Gasteiger charge is -2.32. The van der Waals surface area contributed by atoms with E-state index in [4.69, 9.17) is 9.47 Å². The second-order valence-electron chi connectivity index (χ2n) is 5.80. The van der Waals surface area contributed by atoms with Gasteiger partial charge in [-0.25, -0.2) is 9.97 Å². The maximum Gasteiger partial charge on any atom is 0.227 e. The van der Waals surface area contributed by atoms with Crippen molar-refractivity contribution in [1.29, 1.82) is 0 Å². The van der Waals surface area contributed by atoms with Gasteiger partial charge in [-0.2, -0.15) is 0 Å². The summed E-state index contributed by atoms with van der Waals surface area (Å²) >= 11 is 0. The average Bonchev–Trinajstić information content (AvgIpc) is 2.63. The number of carbonyl (C=O) groups excluding carboxylic acids is 1. The van der Waals surface area contributed by atoms with Crippen molar-refractivity contribution in [3.05, 3.63) is 48.4 Å². The SMILES string of the molecule is COc1cccc(CC(=O)N2CCCC(Oc3ccncn3)C2)c1. The van der Waals surface area contributed by atoms with Crippen LogP contribution in [0, 0.1) is 0 Å². The number of hydrogen-bond donors (Lipinski definition) is 0. The van der Waals surface area contributed by atoms with Gasteiger partial charge in [-0.15, -0.1) is 0 Å². The highest BCUT2D eigenvalue weighted by Gasteiger charge is 2.25. The van der Waals surface area contributed by atoms with Gasteiger partial charge in [-0.05, 0) is 30.5 Å². The molecule has 1 unspecified atom stereocenters. The first-order chi connectivity index (χ1) is 11.7. The molecule has 1 aromatic heterocycles. The van der Waals surface area contributed by atoms with Crippen LogP contribution in [0.4, 0.5) is 0 Å². The minimum atomic E-state index is -0.0251. The maximum atomic E-state index is 12.6. The van der Waals surface area contributed by atoms with E-state index in [1.165, 1.54) is 6.33 Å². The van der Waals surface area contributed by atoms with Crippen LogP contribution in [0.3, 0.4) is 0 Å². The predicted octanol–water partition coefficient (Wildman–Crippen LogP) is 2.10. The molecule has 0 N–H and O–H groups in total. The Labute approximate surface area is 141 Å². The zero-order chi connectivity index (χ0) is 16.8. The number of rotatable bonds is 5. The van der Waals surface area contributed by atoms with Crippen molar-refractivity contribution in [3.63, 3.8) is 0 Å². The number of piperidine rings is 1. The zero-order valence-electron chi connectivity index (χ0n) is 13.7. The third kappa shape index (κ3) is 4.22. The Balaban J connectivity index is 1.58. The smallest absolute Gasteiger partial charge is 0.227 e. The van der Waals surface area contributed by atoms with Gasteiger partial charge in [0.2, 0.25) is 11.8 Å². The lowest BCUT2D eigenvalue weighted by Crippen LogP contribution is -2.45. The molecular weight excluding hydrogens is 306 g/mol. The van der Waals surface area contributed by atoms with Crippen molar-refractivity contribution >= 4 is 5.91 Å². The fourth-order valence-electron chi connectivity index (χ4n) is 2.85. The van der Waals surface area contributed by atoms with Crippen LogP contribution in [-0.2, 0) is 11.2 Å². The second-order valence-corrected chi connectivity index (χ2v) is 5.80. The molecule has 0 bridgehead atoms. The monoisotopic (exact) mass is 327 g/mol. The number of likely N-dealkylation sites (tertiary alicyclic amines) is 1. The number of methoxy groups -OCH3 is 1. The molecule has 0 aliphatic carbocycles. The van der Waals surface area contributed by atoms with Crippen LogP contribution in [0.25, 0.3) is 0 Å². The van der Waals surface area contributed by atoms with E-state index in [1.807, 2.05) is 29.2 Å². The van der Waals surface area contributed by atoms with E-state index in [0.29, 0.717) is 18.8 Å². The zero-order valence-corrected chi connectivity index (χ0v) is 13.7. The highest BCUT2D eigenvalue weighted by Crippen LogP contribution is 2.18. The third-order valence-corrected chi connectivity index (χ3v) is 4.06. The van der Waals surface area contributed by atoms with Gasteiger partial charge < -0.3 is 14.4 Å². The lowest BCUT2D eigenvalue weighted by molar-refractivity contribution is -0.133. The van der Waals surface area contributed by atoms with Crippen LogP contribution >= 0.6 is 0 Å². The predicted molar refractivity (Wildman–Crippen MR) is 89.0 cm³/mol. The van der Waals surface area contributed by atoms with E-state index >= 15 is 0 Å². The molecule has 3 rings (SSSR count). The van der Waals surface area contributed by atoms with Crippen LogP contribution < -0.4 is 9.47 Å². The number of ether oxygens (including phenoxy) is 2. The molecule has 1 atom stereocenters. The summed E-state index contributed by atoms with van der Waals surface area (Å²) < 4.78 is 11.1. The topological polar surface area (TPSA) is 64.5 Å². The summed E-state index contributed by atoms with van der Waals surface area (Å²) in [5.74, 6) is 1.43. The van der Waals surface area contributed by atoms with Crippen molar-refractivity contribution in [2.45, 2.75) is 25.4 Å². The number of benzene rings is 1. The van der Waals surface area contributed by atoms with Crippen LogP contribution in [0.2, 0.25) is 0 Å². The number of nitrogens with zero attached hydrogens (tertiary/aromatic N) is 3. The molecule has 126 valence electrons. The van der Waals surface area contributed by atoms with Crippen LogP contribution in [-0.4, -0.2) is 47.1 Å². The molecule has 0 spiro atoms. The minimum Gasteiger partial charge on any atom is -0.497 e. The molecule has 1 amide bonds. The summed E-state index contributed by atoms with van der Waals surface area (Å²) in [7, 11) is 1.63. The molecule has 1 aromatic carbocycles. The average molecular weight is 327 g/mol. The molecule has 2 aromatic rings. The summed E-state index contributed by atoms with van der Waals surface area (Å²) in [5.41, 5.74) is 0.957. The largest absolute Gasteiger partial charge is 0.497 e. The molecule has 1 aliphatic heterocycles. The summed E-state index contributed by atoms with van der Waals surface area (Å²) in [6.07, 6.45) is 5.31. The van der Waals surface area contributed by atoms with Crippen molar-refractivity contribution < 1.29 is 14.3 Å². The minimum absolute atomic E-state index is 0.0251. The Bertz CT molecular complexity index is 678. The molecule has 2 heterocycles. The molecule has 1 saturated heterocycles. The first-order valence-electron chi connectivity index (χ1n) is 8.08. The first-order valence-corrected chi connectivity index (χ1v) is 8.08. The van der Waals surface area contributed by atoms with Gasteiger partial charge in [-0.1, -0.05) is 12.1 Å². The van der Waals surface area contributed by atoms with Gasteiger partial charge in [0, 0.05) is 18.8 Å². The van der Waals surface area contributed by atoms with Crippen molar-refractivity contribution in [2.24, 2.45) is 0 Å². The van der Waals surface area contributed by atoms with E-state index < -0.39 is 0 Å². The first kappa shape index (κ1) is 16.2. The van der Waals surface area contributed by atoms with Gasteiger partial charge in [0.05, 0.1) is 20.1 Å². The molecule has 0 radical (unpaired) electrons. The van der Waals surface area contributed by atoms with E-state index in [9.17, 15) is 4.79 Å². The van der Waals surface area contributed by atoms with Crippen molar-refractivity contribution in [1.82, 2.24) is 14.9 Å². The van der Waals surface area contributed by atoms with Crippen molar-refractivity contribution in [3.8, 4) is 11.6 Å². The Morgan fingerprint density at radius 2 is 2.29 bits per heavy atom. The molecule has 6 nitrogen and oxygen atoms in total. The molecule has 24 heavy (non-hydrogen) atoms. The van der Waals surface area contributed by atoms with E-state index in [-0.39, 0.29) is 12.0 Å². The van der Waals surface area contributed by atoms with Gasteiger partial charge in [0.15, 0.2) is 0 Å². The summed E-state index contributed by atoms with van der Waals surface area (Å²) in [6, 6.07) is 9.35. The molecule has 1 aliphatic rings. The third-order valence-electron chi connectivity index (χ3n) is 4.06. The van der Waals surface area contributed by atoms with E-state index in [1.54, 1.807) is 19.4 Å². The lowest BCUT2D eigenvalue weighted by atomic mass is 10.1. The van der Waals surface area contributed by atoms with Gasteiger partial charge >= 0.3 is 0 Å². The highest BCUT2D eigenvalue weighted by atomic mass is 16.5. The fourth-order valence-corrected chi connectivity index (χ4v) is 2.85. The van der Waals surface area contributed by atoms with Gasteiger partial charge in [-0.3, -0.25) is 4.79 Å². The Morgan fingerprint density at radius 1 is 1.38 bits per heavy atom. The maximum absolute atomic E-state index is 12.6. The quantitative estimate of drug-likeness (QED) is 0.841. The Morgan fingerprint density at radius 3 is 3.08 bits per heavy atom. The standard InChI is InChI=1S/C18H21N3O3/c1-23-15-5-2-4-14(10-15)11-18(22)21-9-3-6-16(12-21)24-17-7-8-19-13-20-17/h2,4-5,7-8,10,13,16H,3,6,9,11-12H2,1H3. The Kier molecular flexibility index (Phi) is 5.25. The van der Waals surface area contributed by atoms with Crippen molar-refractivity contribution in [2.75, 3.05) is 20.2 Å². The van der Waals surface area contributed by atoms with Crippen LogP contribution in [0.5, 0.6) is 11.6 Å². The van der Waals surface area contributed by atoms with Crippen LogP contribution in [0.1, 0.15) is 18.4 Å². The molecular formula is C18H21N3O3. The molecule has 1 fully saturated rings. The van der Waals surface area contributed by atoms with Crippen LogP contribution in [0.15, 0.2) is 42.9 Å². The molecule has 0 saturated carbocycles. The fraction of sp³-hybridized carbons (Fsp3) is 0.389. The number of amides is 1. The van der Waals surface area contributed by atoms with Gasteiger partial charge in [0.1, 0.15) is 18.2 Å². The summed E-state index contributed by atoms with van der Waals surface area (Å²) in [6.45, 7) is 1.36.